The quantitative estimate of drug-likeness (QED) is 0.366. The Morgan fingerprint density at radius 3 is 1.31 bits per heavy atom. The van der Waals surface area contributed by atoms with Crippen LogP contribution >= 0.6 is 0 Å². The van der Waals surface area contributed by atoms with Crippen molar-refractivity contribution < 1.29 is 28.0 Å². The van der Waals surface area contributed by atoms with Gasteiger partial charge in [-0.2, -0.15) is 0 Å². The van der Waals surface area contributed by atoms with Gasteiger partial charge in [-0.05, 0) is 36.4 Å². The van der Waals surface area contributed by atoms with E-state index < -0.39 is 35.0 Å². The van der Waals surface area contributed by atoms with Gasteiger partial charge < -0.3 is 10.6 Å². The fourth-order valence-corrected chi connectivity index (χ4v) is 4.12. The minimum absolute atomic E-state index is 0.00595. The molecule has 0 spiro atoms. The van der Waals surface area contributed by atoms with Gasteiger partial charge >= 0.3 is 0 Å². The first-order chi connectivity index (χ1) is 17.4. The van der Waals surface area contributed by atoms with E-state index in [0.717, 1.165) is 12.1 Å². The zero-order valence-electron chi connectivity index (χ0n) is 18.5. The molecule has 5 rings (SSSR count). The van der Waals surface area contributed by atoms with Gasteiger partial charge in [0.25, 0.3) is 11.8 Å². The van der Waals surface area contributed by atoms with Crippen molar-refractivity contribution >= 4 is 34.8 Å². The number of carbonyl (C=O) groups is 4. The predicted octanol–water partition coefficient (Wildman–Crippen LogP) is 5.24. The highest BCUT2D eigenvalue weighted by Crippen LogP contribution is 2.35. The lowest BCUT2D eigenvalue weighted by atomic mass is 9.82. The van der Waals surface area contributed by atoms with E-state index in [-0.39, 0.29) is 44.8 Å². The number of amides is 2. The molecular formula is C28H16F2N2O4. The second kappa shape index (κ2) is 8.99. The summed E-state index contributed by atoms with van der Waals surface area (Å²) in [7, 11) is 0. The molecule has 8 heteroatoms. The van der Waals surface area contributed by atoms with E-state index in [1.54, 1.807) is 0 Å². The lowest BCUT2D eigenvalue weighted by Crippen LogP contribution is -2.26. The van der Waals surface area contributed by atoms with Crippen molar-refractivity contribution in [2.75, 3.05) is 10.6 Å². The topological polar surface area (TPSA) is 92.3 Å². The monoisotopic (exact) mass is 482 g/mol. The highest BCUT2D eigenvalue weighted by Gasteiger charge is 2.34. The second-order valence-corrected chi connectivity index (χ2v) is 7.98. The Hall–Kier alpha value is -4.98. The normalized spacial score (nSPS) is 11.9. The van der Waals surface area contributed by atoms with Gasteiger partial charge in [-0.25, -0.2) is 8.78 Å². The van der Waals surface area contributed by atoms with Gasteiger partial charge in [0, 0.05) is 11.1 Å². The van der Waals surface area contributed by atoms with Gasteiger partial charge in [0.05, 0.1) is 33.6 Å². The van der Waals surface area contributed by atoms with Crippen molar-refractivity contribution in [3.05, 3.63) is 130 Å². The third-order valence-corrected chi connectivity index (χ3v) is 5.81. The molecule has 0 aliphatic heterocycles. The SMILES string of the molecule is O=C(Nc1cccc2c1C(=O)c1cccc(NC(=O)c3ccccc3F)c1C2=O)c1ccccc1F. The summed E-state index contributed by atoms with van der Waals surface area (Å²) in [5.74, 6) is -4.15. The van der Waals surface area contributed by atoms with E-state index in [4.69, 9.17) is 0 Å². The number of anilines is 2. The van der Waals surface area contributed by atoms with Crippen molar-refractivity contribution in [1.82, 2.24) is 0 Å². The van der Waals surface area contributed by atoms with Crippen LogP contribution in [0.3, 0.4) is 0 Å². The Morgan fingerprint density at radius 2 is 0.917 bits per heavy atom. The predicted molar refractivity (Wildman–Crippen MR) is 128 cm³/mol. The number of fused-ring (bicyclic) bond motifs is 2. The molecule has 0 saturated heterocycles. The smallest absolute Gasteiger partial charge is 0.258 e. The number of hydrogen-bond acceptors (Lipinski definition) is 4. The van der Waals surface area contributed by atoms with E-state index in [2.05, 4.69) is 10.6 Å². The fourth-order valence-electron chi connectivity index (χ4n) is 4.12. The molecular weight excluding hydrogens is 466 g/mol. The molecule has 0 aromatic heterocycles. The molecule has 0 unspecified atom stereocenters. The summed E-state index contributed by atoms with van der Waals surface area (Å²) in [5.41, 5.74) is -0.421. The van der Waals surface area contributed by atoms with Crippen molar-refractivity contribution in [3.8, 4) is 0 Å². The molecule has 0 saturated carbocycles. The van der Waals surface area contributed by atoms with Crippen molar-refractivity contribution in [2.24, 2.45) is 0 Å². The molecule has 0 atom stereocenters. The van der Waals surface area contributed by atoms with Gasteiger partial charge in [-0.3, -0.25) is 19.2 Å². The van der Waals surface area contributed by atoms with E-state index in [1.807, 2.05) is 0 Å². The van der Waals surface area contributed by atoms with Gasteiger partial charge in [-0.1, -0.05) is 48.5 Å². The highest BCUT2D eigenvalue weighted by atomic mass is 19.1. The maximum atomic E-state index is 14.1. The number of rotatable bonds is 4. The molecule has 0 fully saturated rings. The molecule has 2 amide bonds. The molecule has 0 radical (unpaired) electrons. The Balaban J connectivity index is 1.52. The van der Waals surface area contributed by atoms with Crippen LogP contribution in [-0.4, -0.2) is 23.4 Å². The minimum Gasteiger partial charge on any atom is -0.321 e. The zero-order valence-corrected chi connectivity index (χ0v) is 18.5. The summed E-state index contributed by atoms with van der Waals surface area (Å²) in [6, 6.07) is 19.4. The third kappa shape index (κ3) is 3.84. The number of benzene rings is 4. The van der Waals surface area contributed by atoms with Gasteiger partial charge in [0.2, 0.25) is 0 Å². The Morgan fingerprint density at radius 1 is 0.528 bits per heavy atom. The highest BCUT2D eigenvalue weighted by molar-refractivity contribution is 6.32. The molecule has 36 heavy (non-hydrogen) atoms. The summed E-state index contributed by atoms with van der Waals surface area (Å²) in [6.07, 6.45) is 0. The van der Waals surface area contributed by atoms with Crippen LogP contribution in [0.1, 0.15) is 52.6 Å². The number of carbonyl (C=O) groups excluding carboxylic acids is 4. The molecule has 0 bridgehead atoms. The lowest BCUT2D eigenvalue weighted by Gasteiger charge is -2.22. The molecule has 4 aromatic rings. The van der Waals surface area contributed by atoms with Crippen LogP contribution in [0, 0.1) is 11.6 Å². The summed E-state index contributed by atoms with van der Waals surface area (Å²) >= 11 is 0. The maximum absolute atomic E-state index is 14.1. The maximum Gasteiger partial charge on any atom is 0.258 e. The molecule has 4 aromatic carbocycles. The van der Waals surface area contributed by atoms with Crippen LogP contribution in [0.5, 0.6) is 0 Å². The van der Waals surface area contributed by atoms with E-state index in [1.165, 1.54) is 72.8 Å². The second-order valence-electron chi connectivity index (χ2n) is 7.98. The van der Waals surface area contributed by atoms with Gasteiger partial charge in [0.1, 0.15) is 11.6 Å². The van der Waals surface area contributed by atoms with Crippen LogP contribution in [0.15, 0.2) is 84.9 Å². The van der Waals surface area contributed by atoms with Crippen LogP contribution < -0.4 is 10.6 Å². The first kappa shape index (κ1) is 22.8. The average molecular weight is 482 g/mol. The van der Waals surface area contributed by atoms with E-state index in [9.17, 15) is 28.0 Å². The number of nitrogens with one attached hydrogen (secondary N) is 2. The van der Waals surface area contributed by atoms with Gasteiger partial charge in [-0.15, -0.1) is 0 Å². The zero-order chi connectivity index (χ0) is 25.4. The van der Waals surface area contributed by atoms with Crippen LogP contribution in [0.2, 0.25) is 0 Å². The standard InChI is InChI=1S/C28H16F2N2O4/c29-19-11-3-1-7-15(19)27(35)31-21-13-5-9-17-23(21)25(33)18-10-6-14-22(24(18)26(17)34)32-28(36)16-8-2-4-12-20(16)30/h1-14H,(H,31,35)(H,32,36). The van der Waals surface area contributed by atoms with Crippen molar-refractivity contribution in [1.29, 1.82) is 0 Å². The minimum atomic E-state index is -0.779. The summed E-state index contributed by atoms with van der Waals surface area (Å²) in [6.45, 7) is 0. The Labute approximate surface area is 203 Å². The summed E-state index contributed by atoms with van der Waals surface area (Å²) < 4.78 is 28.1. The molecule has 176 valence electrons. The summed E-state index contributed by atoms with van der Waals surface area (Å²) in [5, 5.41) is 5.04. The van der Waals surface area contributed by atoms with Crippen molar-refractivity contribution in [2.45, 2.75) is 0 Å². The van der Waals surface area contributed by atoms with Crippen LogP contribution in [0.4, 0.5) is 20.2 Å². The van der Waals surface area contributed by atoms with E-state index >= 15 is 0 Å². The van der Waals surface area contributed by atoms with Crippen LogP contribution in [0.25, 0.3) is 0 Å². The molecule has 2 N–H and O–H groups in total. The molecule has 1 aliphatic rings. The lowest BCUT2D eigenvalue weighted by molar-refractivity contribution is 0.0977. The van der Waals surface area contributed by atoms with Crippen molar-refractivity contribution in [3.63, 3.8) is 0 Å². The number of ketones is 2. The Bertz CT molecular complexity index is 1480. The van der Waals surface area contributed by atoms with Crippen LogP contribution in [-0.2, 0) is 0 Å². The molecule has 6 nitrogen and oxygen atoms in total. The summed E-state index contributed by atoms with van der Waals surface area (Å²) in [4.78, 5) is 52.3. The number of halogens is 2. The first-order valence-electron chi connectivity index (χ1n) is 10.8. The third-order valence-electron chi connectivity index (χ3n) is 5.81. The van der Waals surface area contributed by atoms with E-state index in [0.29, 0.717) is 0 Å². The fraction of sp³-hybridized carbons (Fsp3) is 0. The molecule has 1 aliphatic carbocycles. The number of hydrogen-bond donors (Lipinski definition) is 2. The first-order valence-corrected chi connectivity index (χ1v) is 10.8. The molecule has 0 heterocycles. The van der Waals surface area contributed by atoms with Gasteiger partial charge in [0.15, 0.2) is 11.6 Å². The average Bonchev–Trinajstić information content (AvgIpc) is 2.87. The Kier molecular flexibility index (Phi) is 5.69. The largest absolute Gasteiger partial charge is 0.321 e.